The first-order valence-electron chi connectivity index (χ1n) is 7.73. The van der Waals surface area contributed by atoms with Gasteiger partial charge in [-0.2, -0.15) is 0 Å². The summed E-state index contributed by atoms with van der Waals surface area (Å²) in [5.74, 6) is 0. The van der Waals surface area contributed by atoms with E-state index in [0.717, 1.165) is 0 Å². The first-order chi connectivity index (χ1) is 7.97. The van der Waals surface area contributed by atoms with Crippen LogP contribution in [0.2, 0.25) is 84.9 Å². The average Bonchev–Trinajstić information content (AvgIpc) is 1.91. The van der Waals surface area contributed by atoms with Crippen LogP contribution in [-0.4, -0.2) is 53.4 Å². The van der Waals surface area contributed by atoms with Gasteiger partial charge in [0.1, 0.15) is 0 Å². The molecule has 0 spiro atoms. The Hall–Kier alpha value is 1.67. The van der Waals surface area contributed by atoms with E-state index in [2.05, 4.69) is 78.6 Å². The molecule has 0 amide bonds. The van der Waals surface area contributed by atoms with Crippen molar-refractivity contribution in [2.75, 3.05) is 0 Å². The van der Waals surface area contributed by atoms with E-state index in [9.17, 15) is 0 Å². The molecule has 0 aromatic rings. The van der Waals surface area contributed by atoms with Gasteiger partial charge in [-0.05, 0) is 0 Å². The van der Waals surface area contributed by atoms with E-state index < -0.39 is 32.3 Å². The number of hydrogen-bond acceptors (Lipinski definition) is 0. The summed E-state index contributed by atoms with van der Waals surface area (Å²) >= 11 is -0.266. The molecule has 0 aromatic carbocycles. The average molecular weight is 438 g/mol. The summed E-state index contributed by atoms with van der Waals surface area (Å²) in [6.07, 6.45) is 0. The Labute approximate surface area is 137 Å². The summed E-state index contributed by atoms with van der Waals surface area (Å²) in [5.41, 5.74) is 0. The molecule has 0 bridgehead atoms. The van der Waals surface area contributed by atoms with Crippen LogP contribution in [0, 0.1) is 0 Å². The maximum atomic E-state index is 2.66. The third-order valence-electron chi connectivity index (χ3n) is 3.80. The van der Waals surface area contributed by atoms with Crippen LogP contribution >= 0.6 is 0 Å². The molecule has 0 N–H and O–H groups in total. The molecule has 0 aliphatic carbocycles. The third-order valence-corrected chi connectivity index (χ3v) is 57.2. The Morgan fingerprint density at radius 2 is 0.579 bits per heavy atom. The molecule has 0 saturated heterocycles. The molecule has 0 heterocycles. The Morgan fingerprint density at radius 3 is 0.684 bits per heavy atom. The van der Waals surface area contributed by atoms with Gasteiger partial charge in [0, 0.05) is 0 Å². The van der Waals surface area contributed by atoms with Crippen LogP contribution in [0.4, 0.5) is 0 Å². The summed E-state index contributed by atoms with van der Waals surface area (Å²) in [6.45, 7) is 31.9. The second-order valence-corrected chi connectivity index (χ2v) is 43.7. The van der Waals surface area contributed by atoms with Crippen molar-refractivity contribution in [1.29, 1.82) is 0 Å². The second-order valence-electron chi connectivity index (χ2n) is 10.5. The van der Waals surface area contributed by atoms with Crippen molar-refractivity contribution in [3.63, 3.8) is 0 Å². The van der Waals surface area contributed by atoms with E-state index in [4.69, 9.17) is 0 Å². The van der Waals surface area contributed by atoms with Crippen LogP contribution < -0.4 is 0 Å². The Morgan fingerprint density at radius 1 is 0.421 bits per heavy atom. The van der Waals surface area contributed by atoms with Crippen molar-refractivity contribution in [1.82, 2.24) is 0 Å². The fourth-order valence-electron chi connectivity index (χ4n) is 3.76. The fourth-order valence-corrected chi connectivity index (χ4v) is 53.6. The van der Waals surface area contributed by atoms with E-state index in [1.165, 1.54) is 6.36 Å². The van der Waals surface area contributed by atoms with Crippen LogP contribution in [-0.2, 0) is 0 Å². The van der Waals surface area contributed by atoms with Crippen molar-refractivity contribution in [2.24, 2.45) is 0 Å². The number of rotatable bonds is 6. The minimum absolute atomic E-state index is 0.266. The summed E-state index contributed by atoms with van der Waals surface area (Å²) in [5, 5.41) is 0. The van der Waals surface area contributed by atoms with E-state index in [1.54, 1.807) is 0 Å². The molecule has 0 fully saturated rings. The van der Waals surface area contributed by atoms with Crippen molar-refractivity contribution in [3.05, 3.63) is 0 Å². The van der Waals surface area contributed by atoms with Gasteiger partial charge in [0.15, 0.2) is 0 Å². The summed E-state index contributed by atoms with van der Waals surface area (Å²) in [6, 6.07) is 0. The van der Waals surface area contributed by atoms with Gasteiger partial charge in [0.05, 0.1) is 0 Å². The zero-order valence-electron chi connectivity index (χ0n) is 15.7. The zero-order valence-corrected chi connectivity index (χ0v) is 22.5. The fraction of sp³-hybridized carbons (Fsp3) is 1.00. The molecule has 19 heavy (non-hydrogen) atoms. The Kier molecular flexibility index (Phi) is 6.98. The molecule has 114 valence electrons. The Balaban J connectivity index is 5.43. The predicted octanol–water partition coefficient (Wildman–Crippen LogP) is 5.78. The summed E-state index contributed by atoms with van der Waals surface area (Å²) in [7, 11) is -3.84. The first kappa shape index (κ1) is 20.7. The van der Waals surface area contributed by atoms with Gasteiger partial charge in [-0.1, -0.05) is 0 Å². The molecule has 0 saturated carbocycles. The van der Waals surface area contributed by atoms with Crippen LogP contribution in [0.15, 0.2) is 0 Å². The van der Waals surface area contributed by atoms with E-state index >= 15 is 0 Å². The molecule has 2 radical (unpaired) electrons. The minimum atomic E-state index is -0.961. The zero-order chi connectivity index (χ0) is 15.9. The normalized spacial score (nSPS) is 15.5. The van der Waals surface area contributed by atoms with Gasteiger partial charge in [0.2, 0.25) is 0 Å². The maximum absolute atomic E-state index is 2.66. The van der Waals surface area contributed by atoms with Gasteiger partial charge in [-0.15, -0.1) is 0 Å². The molecule has 0 atom stereocenters. The van der Waals surface area contributed by atoms with Crippen LogP contribution in [0.25, 0.3) is 0 Å². The van der Waals surface area contributed by atoms with Crippen molar-refractivity contribution < 1.29 is 0 Å². The molecule has 0 aliphatic rings. The van der Waals surface area contributed by atoms with Crippen LogP contribution in [0.3, 0.4) is 0 Å². The van der Waals surface area contributed by atoms with Gasteiger partial charge < -0.3 is 0 Å². The summed E-state index contributed by atoms with van der Waals surface area (Å²) in [4.78, 5) is 0. The standard InChI is InChI=1S/2C7H19Si2.Sn/c2*1-8(2,3)7-9(4,5)6;/h2*7H,1-6H3;. The van der Waals surface area contributed by atoms with Gasteiger partial charge in [-0.3, -0.25) is 0 Å². The number of hydrogen-bond donors (Lipinski definition) is 0. The monoisotopic (exact) mass is 438 g/mol. The van der Waals surface area contributed by atoms with Gasteiger partial charge in [-0.25, -0.2) is 0 Å². The third kappa shape index (κ3) is 6.97. The molecule has 0 rings (SSSR count). The second kappa shape index (κ2) is 6.42. The quantitative estimate of drug-likeness (QED) is 0.463. The first-order valence-corrected chi connectivity index (χ1v) is 25.3. The van der Waals surface area contributed by atoms with Crippen LogP contribution in [0.1, 0.15) is 0 Å². The van der Waals surface area contributed by atoms with E-state index in [0.29, 0.717) is 0 Å². The SMILES string of the molecule is C[Si](C)(C)[CH]([Sn][CH]([Si](C)(C)C)[Si](C)(C)C)[Si](C)(C)C. The summed E-state index contributed by atoms with van der Waals surface area (Å²) < 4.78 is 2.51. The molecule has 0 aliphatic heterocycles. The predicted molar refractivity (Wildman–Crippen MR) is 107 cm³/mol. The molecular weight excluding hydrogens is 399 g/mol. The van der Waals surface area contributed by atoms with Gasteiger partial charge in [0.25, 0.3) is 0 Å². The molecule has 0 aromatic heterocycles. The molecule has 0 nitrogen and oxygen atoms in total. The van der Waals surface area contributed by atoms with Crippen molar-refractivity contribution in [3.8, 4) is 0 Å². The molecular formula is C14H38Si4Sn. The molecule has 0 unspecified atom stereocenters. The Bertz CT molecular complexity index is 231. The van der Waals surface area contributed by atoms with Crippen molar-refractivity contribution >= 4 is 53.4 Å². The topological polar surface area (TPSA) is 0 Å². The van der Waals surface area contributed by atoms with E-state index in [-0.39, 0.29) is 21.1 Å². The molecule has 5 heteroatoms. The van der Waals surface area contributed by atoms with Crippen molar-refractivity contribution in [2.45, 2.75) is 84.9 Å². The van der Waals surface area contributed by atoms with Gasteiger partial charge >= 0.3 is 138 Å². The van der Waals surface area contributed by atoms with E-state index in [1.807, 2.05) is 0 Å². The van der Waals surface area contributed by atoms with Crippen LogP contribution in [0.5, 0.6) is 0 Å².